The van der Waals surface area contributed by atoms with Gasteiger partial charge in [-0.1, -0.05) is 0 Å². The van der Waals surface area contributed by atoms with E-state index in [4.69, 9.17) is 19.5 Å². The lowest BCUT2D eigenvalue weighted by Gasteiger charge is -2.31. The van der Waals surface area contributed by atoms with Gasteiger partial charge in [0.2, 0.25) is 5.75 Å². The fourth-order valence-electron chi connectivity index (χ4n) is 3.18. The maximum atomic E-state index is 12.1. The molecule has 0 radical (unpaired) electrons. The molecule has 164 valence electrons. The van der Waals surface area contributed by atoms with Gasteiger partial charge in [0, 0.05) is 25.9 Å². The van der Waals surface area contributed by atoms with Gasteiger partial charge in [-0.3, -0.25) is 0 Å². The van der Waals surface area contributed by atoms with E-state index in [1.807, 2.05) is 26.8 Å². The van der Waals surface area contributed by atoms with Gasteiger partial charge in [-0.25, -0.2) is 14.8 Å². The molecule has 0 atom stereocenters. The number of anilines is 2. The summed E-state index contributed by atoms with van der Waals surface area (Å²) in [5, 5.41) is 12.1. The summed E-state index contributed by atoms with van der Waals surface area (Å²) in [6.07, 6.45) is 3.71. The predicted octanol–water partition coefficient (Wildman–Crippen LogP) is 3.19. The largest absolute Gasteiger partial charge is 0.489 e. The van der Waals surface area contributed by atoms with Crippen LogP contribution in [0.3, 0.4) is 0 Å². The Morgan fingerprint density at radius 2 is 2.03 bits per heavy atom. The van der Waals surface area contributed by atoms with Crippen molar-refractivity contribution in [1.29, 1.82) is 5.26 Å². The van der Waals surface area contributed by atoms with Crippen molar-refractivity contribution in [3.63, 3.8) is 0 Å². The highest BCUT2D eigenvalue weighted by molar-refractivity contribution is 5.68. The normalized spacial score (nSPS) is 14.1. The summed E-state index contributed by atoms with van der Waals surface area (Å²) < 4.78 is 16.8. The molecule has 1 fully saturated rings. The number of aromatic nitrogens is 3. The van der Waals surface area contributed by atoms with E-state index in [0.29, 0.717) is 54.8 Å². The molecule has 10 nitrogen and oxygen atoms in total. The highest BCUT2D eigenvalue weighted by Gasteiger charge is 2.27. The Bertz CT molecular complexity index is 967. The maximum Gasteiger partial charge on any atom is 0.410 e. The van der Waals surface area contributed by atoms with Crippen molar-refractivity contribution in [3.05, 3.63) is 29.8 Å². The second-order valence-electron chi connectivity index (χ2n) is 7.42. The Kier molecular flexibility index (Phi) is 7.07. The maximum absolute atomic E-state index is 12.1. The molecule has 0 unspecified atom stereocenters. The van der Waals surface area contributed by atoms with Crippen LogP contribution < -0.4 is 14.8 Å². The first kappa shape index (κ1) is 22.1. The van der Waals surface area contributed by atoms with Gasteiger partial charge in [-0.2, -0.15) is 10.2 Å². The number of aryl methyl sites for hydroxylation is 1. The molecule has 0 spiro atoms. The smallest absolute Gasteiger partial charge is 0.410 e. The van der Waals surface area contributed by atoms with Crippen molar-refractivity contribution in [1.82, 2.24) is 19.9 Å². The van der Waals surface area contributed by atoms with Crippen molar-refractivity contribution >= 4 is 17.6 Å². The number of ether oxygens (including phenoxy) is 3. The summed E-state index contributed by atoms with van der Waals surface area (Å²) in [5.41, 5.74) is 1.87. The molecule has 2 aromatic rings. The molecule has 31 heavy (non-hydrogen) atoms. The lowest BCUT2D eigenvalue weighted by atomic mass is 10.1. The van der Waals surface area contributed by atoms with E-state index in [2.05, 4.69) is 20.3 Å². The fourth-order valence-corrected chi connectivity index (χ4v) is 3.18. The number of hydrogen-bond acceptors (Lipinski definition) is 9. The first-order valence-electron chi connectivity index (χ1n) is 10.1. The van der Waals surface area contributed by atoms with Crippen molar-refractivity contribution < 1.29 is 19.0 Å². The van der Waals surface area contributed by atoms with Crippen LogP contribution in [0.15, 0.2) is 18.6 Å². The highest BCUT2D eigenvalue weighted by Crippen LogP contribution is 2.35. The minimum Gasteiger partial charge on any atom is -0.489 e. The number of likely N-dealkylation sites (tertiary alicyclic amines) is 1. The first-order chi connectivity index (χ1) is 14.9. The number of piperidine rings is 1. The highest BCUT2D eigenvalue weighted by atomic mass is 16.6. The molecular weight excluding hydrogens is 400 g/mol. The third-order valence-corrected chi connectivity index (χ3v) is 4.77. The number of amides is 1. The summed E-state index contributed by atoms with van der Waals surface area (Å²) in [5.74, 6) is 1.12. The number of carbonyl (C=O) groups excluding carboxylic acids is 1. The van der Waals surface area contributed by atoms with Crippen LogP contribution in [0.1, 0.15) is 37.9 Å². The summed E-state index contributed by atoms with van der Waals surface area (Å²) in [7, 11) is 1.52. The molecule has 1 saturated heterocycles. The third-order valence-electron chi connectivity index (χ3n) is 4.77. The van der Waals surface area contributed by atoms with E-state index in [1.165, 1.54) is 13.4 Å². The van der Waals surface area contributed by atoms with Gasteiger partial charge in [-0.05, 0) is 32.4 Å². The van der Waals surface area contributed by atoms with Crippen molar-refractivity contribution in [2.75, 3.05) is 25.5 Å². The number of methoxy groups -OCH3 is 1. The molecule has 0 aliphatic carbocycles. The van der Waals surface area contributed by atoms with Crippen molar-refractivity contribution in [2.24, 2.45) is 0 Å². The Morgan fingerprint density at radius 1 is 1.29 bits per heavy atom. The van der Waals surface area contributed by atoms with Crippen LogP contribution in [0.2, 0.25) is 0 Å². The van der Waals surface area contributed by atoms with E-state index in [-0.39, 0.29) is 18.3 Å². The number of nitrogens with zero attached hydrogens (tertiary/aromatic N) is 5. The van der Waals surface area contributed by atoms with Gasteiger partial charge in [0.1, 0.15) is 24.2 Å². The molecule has 3 heterocycles. The van der Waals surface area contributed by atoms with Crippen LogP contribution in [0.25, 0.3) is 0 Å². The molecule has 0 bridgehead atoms. The molecule has 1 aliphatic heterocycles. The predicted molar refractivity (Wildman–Crippen MR) is 112 cm³/mol. The molecule has 1 aliphatic rings. The Morgan fingerprint density at radius 3 is 2.65 bits per heavy atom. The average molecular weight is 426 g/mol. The van der Waals surface area contributed by atoms with Crippen molar-refractivity contribution in [2.45, 2.75) is 45.8 Å². The second-order valence-corrected chi connectivity index (χ2v) is 7.42. The topological polar surface area (TPSA) is 122 Å². The Labute approximate surface area is 181 Å². The summed E-state index contributed by atoms with van der Waals surface area (Å²) in [6, 6.07) is 3.70. The van der Waals surface area contributed by atoms with Crippen LogP contribution >= 0.6 is 0 Å². The van der Waals surface area contributed by atoms with Crippen LogP contribution in [-0.4, -0.2) is 58.4 Å². The van der Waals surface area contributed by atoms with Gasteiger partial charge in [0.25, 0.3) is 5.88 Å². The fraction of sp³-hybridized carbons (Fsp3) is 0.476. The zero-order valence-corrected chi connectivity index (χ0v) is 18.1. The van der Waals surface area contributed by atoms with E-state index in [1.54, 1.807) is 17.2 Å². The zero-order chi connectivity index (χ0) is 22.4. The molecule has 0 saturated carbocycles. The molecule has 0 aromatic carbocycles. The summed E-state index contributed by atoms with van der Waals surface area (Å²) >= 11 is 0. The number of pyridine rings is 1. The van der Waals surface area contributed by atoms with E-state index in [9.17, 15) is 4.79 Å². The van der Waals surface area contributed by atoms with Crippen LogP contribution in [0.4, 0.5) is 16.3 Å². The summed E-state index contributed by atoms with van der Waals surface area (Å²) in [6.45, 7) is 6.62. The minimum absolute atomic E-state index is 0.113. The number of hydrogen-bond donors (Lipinski definition) is 1. The molecule has 2 aromatic heterocycles. The molecule has 3 rings (SSSR count). The molecule has 10 heteroatoms. The second kappa shape index (κ2) is 9.93. The third kappa shape index (κ3) is 5.51. The zero-order valence-electron chi connectivity index (χ0n) is 18.1. The van der Waals surface area contributed by atoms with E-state index >= 15 is 0 Å². The number of nitriles is 1. The van der Waals surface area contributed by atoms with Gasteiger partial charge >= 0.3 is 6.09 Å². The number of nitrogens with one attached hydrogen (secondary N) is 1. The molecule has 1 amide bonds. The Balaban J connectivity index is 1.68. The van der Waals surface area contributed by atoms with Crippen LogP contribution in [0, 0.1) is 18.3 Å². The SMILES string of the molecule is COc1c(Nc2cnc(C#N)cc2C)ncnc1OC1CCN(C(=O)OC(C)C)CC1. The van der Waals surface area contributed by atoms with E-state index < -0.39 is 0 Å². The first-order valence-corrected chi connectivity index (χ1v) is 10.1. The average Bonchev–Trinajstić information content (AvgIpc) is 2.75. The van der Waals surface area contributed by atoms with Crippen molar-refractivity contribution in [3.8, 4) is 17.7 Å². The van der Waals surface area contributed by atoms with Gasteiger partial charge < -0.3 is 24.4 Å². The number of rotatable bonds is 6. The number of carbonyl (C=O) groups is 1. The van der Waals surface area contributed by atoms with E-state index in [0.717, 1.165) is 5.56 Å². The van der Waals surface area contributed by atoms with Gasteiger partial charge in [0.05, 0.1) is 25.1 Å². The van der Waals surface area contributed by atoms with Crippen LogP contribution in [-0.2, 0) is 4.74 Å². The monoisotopic (exact) mass is 426 g/mol. The van der Waals surface area contributed by atoms with Crippen LogP contribution in [0.5, 0.6) is 11.6 Å². The molecular formula is C21H26N6O4. The molecule has 1 N–H and O–H groups in total. The standard InChI is InChI=1S/C21H26N6O4/c1-13(2)30-21(28)27-7-5-16(6-8-27)31-20-18(29-4)19(24-12-25-20)26-17-11-23-15(10-22)9-14(17)3/h9,11-13,16H,5-8H2,1-4H3,(H,24,25,26). The van der Waals surface area contributed by atoms with Gasteiger partial charge in [-0.15, -0.1) is 0 Å². The lowest BCUT2D eigenvalue weighted by molar-refractivity contribution is 0.0500. The lowest BCUT2D eigenvalue weighted by Crippen LogP contribution is -2.42. The minimum atomic E-state index is -0.300. The van der Waals surface area contributed by atoms with Gasteiger partial charge in [0.15, 0.2) is 5.82 Å². The quantitative estimate of drug-likeness (QED) is 0.742. The summed E-state index contributed by atoms with van der Waals surface area (Å²) in [4.78, 5) is 26.3. The Hall–Kier alpha value is -3.61.